The van der Waals surface area contributed by atoms with Crippen LogP contribution in [0.3, 0.4) is 0 Å². The number of thiazole rings is 1. The summed E-state index contributed by atoms with van der Waals surface area (Å²) >= 11 is 1.30. The lowest BCUT2D eigenvalue weighted by Gasteiger charge is -2.17. The van der Waals surface area contributed by atoms with Crippen LogP contribution in [0.2, 0.25) is 0 Å². The maximum absolute atomic E-state index is 13.0. The van der Waals surface area contributed by atoms with Gasteiger partial charge < -0.3 is 9.30 Å². The van der Waals surface area contributed by atoms with Gasteiger partial charge in [-0.2, -0.15) is 9.30 Å². The predicted octanol–water partition coefficient (Wildman–Crippen LogP) is 4.46. The van der Waals surface area contributed by atoms with Crippen molar-refractivity contribution in [1.29, 1.82) is 0 Å². The van der Waals surface area contributed by atoms with E-state index in [-0.39, 0.29) is 23.6 Å². The first kappa shape index (κ1) is 26.5. The van der Waals surface area contributed by atoms with E-state index >= 15 is 0 Å². The van der Waals surface area contributed by atoms with Crippen molar-refractivity contribution in [2.75, 3.05) is 13.7 Å². The van der Waals surface area contributed by atoms with Gasteiger partial charge in [0, 0.05) is 25.7 Å². The average molecular weight is 538 g/mol. The van der Waals surface area contributed by atoms with Crippen LogP contribution in [-0.2, 0) is 27.8 Å². The first-order valence-electron chi connectivity index (χ1n) is 11.7. The second-order valence-corrected chi connectivity index (χ2v) is 11.3. The number of rotatable bonds is 8. The Bertz CT molecular complexity index is 1610. The van der Waals surface area contributed by atoms with Crippen molar-refractivity contribution in [3.63, 3.8) is 0 Å². The first-order chi connectivity index (χ1) is 17.7. The zero-order valence-corrected chi connectivity index (χ0v) is 22.4. The molecule has 0 aliphatic rings. The monoisotopic (exact) mass is 537 g/mol. The summed E-state index contributed by atoms with van der Waals surface area (Å²) in [5, 5.41) is 0. The van der Waals surface area contributed by atoms with Crippen LogP contribution in [0.4, 0.5) is 0 Å². The molecule has 0 aliphatic carbocycles. The highest BCUT2D eigenvalue weighted by molar-refractivity contribution is 7.89. The summed E-state index contributed by atoms with van der Waals surface area (Å²) in [7, 11) is -2.21. The second-order valence-electron chi connectivity index (χ2n) is 8.22. The number of amides is 1. The fraction of sp³-hybridized carbons (Fsp3) is 0.222. The number of sulfonamides is 1. The molecule has 1 heterocycles. The third-order valence-electron chi connectivity index (χ3n) is 5.76. The van der Waals surface area contributed by atoms with E-state index in [1.165, 1.54) is 47.0 Å². The number of nitrogens with zero attached hydrogens (tertiary/aromatic N) is 3. The molecule has 192 valence electrons. The van der Waals surface area contributed by atoms with Crippen LogP contribution in [0.5, 0.6) is 0 Å². The van der Waals surface area contributed by atoms with E-state index in [2.05, 4.69) is 4.99 Å². The quantitative estimate of drug-likeness (QED) is 0.309. The van der Waals surface area contributed by atoms with Crippen LogP contribution in [0.1, 0.15) is 40.1 Å². The van der Waals surface area contributed by atoms with Gasteiger partial charge in [0.25, 0.3) is 5.91 Å². The van der Waals surface area contributed by atoms with Crippen LogP contribution >= 0.6 is 11.3 Å². The van der Waals surface area contributed by atoms with E-state index in [0.29, 0.717) is 16.9 Å². The summed E-state index contributed by atoms with van der Waals surface area (Å²) in [4.78, 5) is 29.9. The minimum atomic E-state index is -3.73. The first-order valence-corrected chi connectivity index (χ1v) is 14.0. The highest BCUT2D eigenvalue weighted by Gasteiger charge is 2.21. The Morgan fingerprint density at radius 2 is 1.65 bits per heavy atom. The maximum atomic E-state index is 13.0. The van der Waals surface area contributed by atoms with E-state index in [9.17, 15) is 18.0 Å². The van der Waals surface area contributed by atoms with Crippen molar-refractivity contribution in [2.45, 2.75) is 31.8 Å². The minimum Gasteiger partial charge on any atom is -0.462 e. The topological polar surface area (TPSA) is 98.0 Å². The minimum absolute atomic E-state index is 0.0967. The number of benzene rings is 3. The average Bonchev–Trinajstić information content (AvgIpc) is 3.25. The van der Waals surface area contributed by atoms with Gasteiger partial charge in [0.15, 0.2) is 4.80 Å². The largest absolute Gasteiger partial charge is 0.462 e. The summed E-state index contributed by atoms with van der Waals surface area (Å²) in [6.45, 7) is 4.80. The third-order valence-corrected chi connectivity index (χ3v) is 8.62. The molecular formula is C27H27N3O5S2. The highest BCUT2D eigenvalue weighted by Crippen LogP contribution is 2.21. The summed E-state index contributed by atoms with van der Waals surface area (Å²) in [5.74, 6) is -0.888. The molecule has 8 nitrogen and oxygen atoms in total. The van der Waals surface area contributed by atoms with Gasteiger partial charge in [0.05, 0.1) is 27.3 Å². The fourth-order valence-electron chi connectivity index (χ4n) is 3.83. The van der Waals surface area contributed by atoms with E-state index in [1.807, 2.05) is 47.9 Å². The van der Waals surface area contributed by atoms with Crippen LogP contribution in [-0.4, -0.2) is 42.8 Å². The lowest BCUT2D eigenvalue weighted by Crippen LogP contribution is -2.26. The lowest BCUT2D eigenvalue weighted by atomic mass is 10.2. The molecule has 4 rings (SSSR count). The highest BCUT2D eigenvalue weighted by atomic mass is 32.2. The van der Waals surface area contributed by atoms with Gasteiger partial charge in [-0.15, -0.1) is 0 Å². The summed E-state index contributed by atoms with van der Waals surface area (Å²) in [6, 6.07) is 20.3. The number of fused-ring (bicyclic) bond motifs is 1. The van der Waals surface area contributed by atoms with Crippen LogP contribution < -0.4 is 4.80 Å². The van der Waals surface area contributed by atoms with E-state index in [0.717, 1.165) is 15.8 Å². The molecule has 0 saturated heterocycles. The summed E-state index contributed by atoms with van der Waals surface area (Å²) in [6.07, 6.45) is 0. The molecule has 0 N–H and O–H groups in total. The molecular weight excluding hydrogens is 510 g/mol. The molecule has 0 radical (unpaired) electrons. The maximum Gasteiger partial charge on any atom is 0.338 e. The third kappa shape index (κ3) is 5.71. The van der Waals surface area contributed by atoms with E-state index in [4.69, 9.17) is 4.74 Å². The molecule has 37 heavy (non-hydrogen) atoms. The van der Waals surface area contributed by atoms with E-state index < -0.39 is 21.9 Å². The van der Waals surface area contributed by atoms with Crippen molar-refractivity contribution >= 4 is 43.5 Å². The van der Waals surface area contributed by atoms with Gasteiger partial charge >= 0.3 is 5.97 Å². The summed E-state index contributed by atoms with van der Waals surface area (Å²) < 4.78 is 35.0. The standard InChI is InChI=1S/C27H27N3O5S2/c1-4-30-23-16-13-21(26(32)35-5-2)17-24(23)36-27(30)28-25(31)20-11-14-22(15-12-20)37(33,34)29(3)18-19-9-7-6-8-10-19/h6-17H,4-5,18H2,1-3H3. The normalized spacial score (nSPS) is 12.3. The van der Waals surface area contributed by atoms with E-state index in [1.54, 1.807) is 19.1 Å². The number of carbonyl (C=O) groups excluding carboxylic acids is 2. The Kier molecular flexibility index (Phi) is 8.01. The van der Waals surface area contributed by atoms with Gasteiger partial charge in [-0.25, -0.2) is 13.2 Å². The number of aryl methyl sites for hydroxylation is 1. The van der Waals surface area contributed by atoms with Crippen LogP contribution in [0.25, 0.3) is 10.2 Å². The smallest absolute Gasteiger partial charge is 0.338 e. The molecule has 10 heteroatoms. The lowest BCUT2D eigenvalue weighted by molar-refractivity contribution is 0.0526. The molecule has 0 spiro atoms. The molecule has 0 atom stereocenters. The van der Waals surface area contributed by atoms with Gasteiger partial charge in [-0.3, -0.25) is 4.79 Å². The Labute approximate surface area is 219 Å². The van der Waals surface area contributed by atoms with Gasteiger partial charge in [0.1, 0.15) is 0 Å². The second kappa shape index (κ2) is 11.2. The number of aromatic nitrogens is 1. The Morgan fingerprint density at radius 3 is 2.30 bits per heavy atom. The molecule has 1 amide bonds. The van der Waals surface area contributed by atoms with Crippen LogP contribution in [0.15, 0.2) is 82.7 Å². The van der Waals surface area contributed by atoms with Gasteiger partial charge in [0.2, 0.25) is 10.0 Å². The fourth-order valence-corrected chi connectivity index (χ4v) is 6.12. The molecule has 3 aromatic carbocycles. The SMILES string of the molecule is CCOC(=O)c1ccc2c(c1)sc(=NC(=O)c1ccc(S(=O)(=O)N(C)Cc3ccccc3)cc1)n2CC. The predicted molar refractivity (Wildman–Crippen MR) is 143 cm³/mol. The number of carbonyl (C=O) groups is 2. The number of ether oxygens (including phenoxy) is 1. The number of hydrogen-bond donors (Lipinski definition) is 0. The van der Waals surface area contributed by atoms with Crippen molar-refractivity contribution in [2.24, 2.45) is 4.99 Å². The number of hydrogen-bond acceptors (Lipinski definition) is 6. The molecule has 0 saturated carbocycles. The Morgan fingerprint density at radius 1 is 0.973 bits per heavy atom. The van der Waals surface area contributed by atoms with Gasteiger partial charge in [-0.1, -0.05) is 41.7 Å². The molecule has 4 aromatic rings. The van der Waals surface area contributed by atoms with Crippen molar-refractivity contribution in [3.8, 4) is 0 Å². The molecule has 0 unspecified atom stereocenters. The molecule has 0 fully saturated rings. The molecule has 1 aromatic heterocycles. The van der Waals surface area contributed by atoms with Crippen molar-refractivity contribution in [1.82, 2.24) is 8.87 Å². The van der Waals surface area contributed by atoms with Gasteiger partial charge in [-0.05, 0) is 61.9 Å². The molecule has 0 bridgehead atoms. The van der Waals surface area contributed by atoms with Crippen LogP contribution in [0, 0.1) is 0 Å². The molecule has 0 aliphatic heterocycles. The zero-order chi connectivity index (χ0) is 26.6. The van der Waals surface area contributed by atoms with Crippen molar-refractivity contribution in [3.05, 3.63) is 94.3 Å². The Hall–Kier alpha value is -3.60. The summed E-state index contributed by atoms with van der Waals surface area (Å²) in [5.41, 5.74) is 2.44. The Balaban J connectivity index is 1.59. The zero-order valence-electron chi connectivity index (χ0n) is 20.7. The number of esters is 1. The van der Waals surface area contributed by atoms with Crippen molar-refractivity contribution < 1.29 is 22.7 Å².